The minimum atomic E-state index is -0.231. The van der Waals surface area contributed by atoms with E-state index in [-0.39, 0.29) is 5.91 Å². The molecule has 2 rings (SSSR count). The third kappa shape index (κ3) is 3.03. The Bertz CT molecular complexity index is 595. The van der Waals surface area contributed by atoms with Crippen molar-refractivity contribution in [3.05, 3.63) is 34.3 Å². The zero-order valence-electron chi connectivity index (χ0n) is 10.9. The predicted molar refractivity (Wildman–Crippen MR) is 74.4 cm³/mol. The van der Waals surface area contributed by atoms with Gasteiger partial charge in [0, 0.05) is 22.8 Å². The Balaban J connectivity index is 2.17. The van der Waals surface area contributed by atoms with Gasteiger partial charge in [-0.15, -0.1) is 11.3 Å². The maximum atomic E-state index is 11.9. The number of anilines is 1. The minimum absolute atomic E-state index is 0.231. The van der Waals surface area contributed by atoms with Gasteiger partial charge in [0.2, 0.25) is 0 Å². The molecule has 0 saturated heterocycles. The third-order valence-corrected chi connectivity index (χ3v) is 3.41. The number of thiazole rings is 1. The summed E-state index contributed by atoms with van der Waals surface area (Å²) in [5.74, 6) is 0.950. The van der Waals surface area contributed by atoms with Gasteiger partial charge in [-0.3, -0.25) is 4.79 Å². The number of methoxy groups -OCH3 is 2. The van der Waals surface area contributed by atoms with Crippen LogP contribution in [0.4, 0.5) is 5.69 Å². The van der Waals surface area contributed by atoms with E-state index in [0.717, 1.165) is 5.69 Å². The van der Waals surface area contributed by atoms with Crippen molar-refractivity contribution in [2.45, 2.75) is 6.92 Å². The second-order valence-corrected chi connectivity index (χ2v) is 4.68. The minimum Gasteiger partial charge on any atom is -0.493 e. The predicted octanol–water partition coefficient (Wildman–Crippen LogP) is 2.72. The van der Waals surface area contributed by atoms with Crippen LogP contribution < -0.4 is 14.8 Å². The van der Waals surface area contributed by atoms with Gasteiger partial charge in [0.05, 0.1) is 14.2 Å². The number of hydrogen-bond donors (Lipinski definition) is 1. The van der Waals surface area contributed by atoms with Crippen LogP contribution in [0.3, 0.4) is 0 Å². The van der Waals surface area contributed by atoms with Gasteiger partial charge in [0.1, 0.15) is 0 Å². The Kier molecular flexibility index (Phi) is 4.01. The monoisotopic (exact) mass is 278 g/mol. The number of rotatable bonds is 4. The van der Waals surface area contributed by atoms with Crippen LogP contribution in [0, 0.1) is 6.92 Å². The lowest BCUT2D eigenvalue weighted by Gasteiger charge is -2.09. The van der Waals surface area contributed by atoms with Crippen molar-refractivity contribution in [2.24, 2.45) is 0 Å². The Hall–Kier alpha value is -2.08. The van der Waals surface area contributed by atoms with E-state index in [4.69, 9.17) is 9.47 Å². The maximum absolute atomic E-state index is 11.9. The molecule has 0 unspecified atom stereocenters. The summed E-state index contributed by atoms with van der Waals surface area (Å²) < 4.78 is 10.3. The highest BCUT2D eigenvalue weighted by Crippen LogP contribution is 2.29. The van der Waals surface area contributed by atoms with Gasteiger partial charge >= 0.3 is 0 Å². The smallest absolute Gasteiger partial charge is 0.284 e. The van der Waals surface area contributed by atoms with Gasteiger partial charge in [0.15, 0.2) is 16.5 Å². The summed E-state index contributed by atoms with van der Waals surface area (Å²) in [5.41, 5.74) is 1.47. The first-order chi connectivity index (χ1) is 9.13. The first-order valence-corrected chi connectivity index (χ1v) is 6.47. The molecule has 19 heavy (non-hydrogen) atoms. The van der Waals surface area contributed by atoms with Crippen LogP contribution in [0.1, 0.15) is 15.5 Å². The number of aromatic nitrogens is 1. The van der Waals surface area contributed by atoms with Gasteiger partial charge in [-0.1, -0.05) is 0 Å². The van der Waals surface area contributed by atoms with Gasteiger partial charge in [-0.25, -0.2) is 4.98 Å². The molecule has 0 radical (unpaired) electrons. The number of nitrogens with one attached hydrogen (secondary N) is 1. The number of hydrogen-bond acceptors (Lipinski definition) is 5. The summed E-state index contributed by atoms with van der Waals surface area (Å²) >= 11 is 1.32. The Morgan fingerprint density at radius 3 is 2.58 bits per heavy atom. The molecule has 100 valence electrons. The molecule has 1 aromatic heterocycles. The van der Waals surface area contributed by atoms with Gasteiger partial charge < -0.3 is 14.8 Å². The largest absolute Gasteiger partial charge is 0.493 e. The lowest BCUT2D eigenvalue weighted by atomic mass is 10.2. The number of aryl methyl sites for hydroxylation is 1. The van der Waals surface area contributed by atoms with Gasteiger partial charge in [-0.05, 0) is 19.1 Å². The SMILES string of the molecule is COc1ccc(NC(=O)c2nc(C)cs2)cc1OC. The molecule has 1 N–H and O–H groups in total. The van der Waals surface area contributed by atoms with Gasteiger partial charge in [0.25, 0.3) is 5.91 Å². The topological polar surface area (TPSA) is 60.5 Å². The third-order valence-electron chi connectivity index (χ3n) is 2.45. The fourth-order valence-corrected chi connectivity index (χ4v) is 2.25. The molecule has 1 amide bonds. The molecule has 0 bridgehead atoms. The van der Waals surface area contributed by atoms with Crippen molar-refractivity contribution >= 4 is 22.9 Å². The summed E-state index contributed by atoms with van der Waals surface area (Å²) in [6.45, 7) is 1.85. The summed E-state index contributed by atoms with van der Waals surface area (Å²) in [4.78, 5) is 16.1. The fraction of sp³-hybridized carbons (Fsp3) is 0.231. The van der Waals surface area contributed by atoms with E-state index in [0.29, 0.717) is 22.2 Å². The van der Waals surface area contributed by atoms with E-state index < -0.39 is 0 Å². The molecular formula is C13H14N2O3S. The van der Waals surface area contributed by atoms with Crippen molar-refractivity contribution in [2.75, 3.05) is 19.5 Å². The molecule has 0 aliphatic carbocycles. The number of carbonyl (C=O) groups is 1. The molecule has 0 saturated carbocycles. The quantitative estimate of drug-likeness (QED) is 0.934. The van der Waals surface area contributed by atoms with Crippen molar-refractivity contribution in [3.63, 3.8) is 0 Å². The van der Waals surface area contributed by atoms with E-state index in [2.05, 4.69) is 10.3 Å². The first-order valence-electron chi connectivity index (χ1n) is 5.59. The molecule has 1 heterocycles. The number of nitrogens with zero attached hydrogens (tertiary/aromatic N) is 1. The lowest BCUT2D eigenvalue weighted by molar-refractivity contribution is 0.102. The summed E-state index contributed by atoms with van der Waals surface area (Å²) in [7, 11) is 3.11. The van der Waals surface area contributed by atoms with Crippen LogP contribution in [-0.2, 0) is 0 Å². The molecule has 2 aromatic rings. The zero-order valence-corrected chi connectivity index (χ0v) is 11.7. The highest BCUT2D eigenvalue weighted by atomic mass is 32.1. The highest BCUT2D eigenvalue weighted by molar-refractivity contribution is 7.11. The van der Waals surface area contributed by atoms with Crippen LogP contribution in [0.15, 0.2) is 23.6 Å². The van der Waals surface area contributed by atoms with E-state index in [1.807, 2.05) is 12.3 Å². The zero-order chi connectivity index (χ0) is 13.8. The molecule has 0 atom stereocenters. The number of ether oxygens (including phenoxy) is 2. The second kappa shape index (κ2) is 5.71. The standard InChI is InChI=1S/C13H14N2O3S/c1-8-7-19-13(14-8)12(16)15-9-4-5-10(17-2)11(6-9)18-3/h4-7H,1-3H3,(H,15,16). The van der Waals surface area contributed by atoms with E-state index in [9.17, 15) is 4.79 Å². The van der Waals surface area contributed by atoms with Crippen molar-refractivity contribution in [3.8, 4) is 11.5 Å². The maximum Gasteiger partial charge on any atom is 0.284 e. The lowest BCUT2D eigenvalue weighted by Crippen LogP contribution is -2.11. The van der Waals surface area contributed by atoms with E-state index >= 15 is 0 Å². The van der Waals surface area contributed by atoms with Crippen molar-refractivity contribution in [1.29, 1.82) is 0 Å². The highest BCUT2D eigenvalue weighted by Gasteiger charge is 2.11. The average Bonchev–Trinajstić information content (AvgIpc) is 2.85. The number of carbonyl (C=O) groups excluding carboxylic acids is 1. The average molecular weight is 278 g/mol. The molecule has 5 nitrogen and oxygen atoms in total. The van der Waals surface area contributed by atoms with Crippen molar-refractivity contribution < 1.29 is 14.3 Å². The molecule has 0 aliphatic heterocycles. The summed E-state index contributed by atoms with van der Waals surface area (Å²) in [6.07, 6.45) is 0. The summed E-state index contributed by atoms with van der Waals surface area (Å²) in [5, 5.41) is 5.05. The Labute approximate surface area is 115 Å². The number of amides is 1. The van der Waals surface area contributed by atoms with Crippen LogP contribution in [0.25, 0.3) is 0 Å². The van der Waals surface area contributed by atoms with E-state index in [1.165, 1.54) is 11.3 Å². The van der Waals surface area contributed by atoms with Crippen LogP contribution in [-0.4, -0.2) is 25.1 Å². The van der Waals surface area contributed by atoms with Gasteiger partial charge in [-0.2, -0.15) is 0 Å². The molecular weight excluding hydrogens is 264 g/mol. The molecule has 6 heteroatoms. The van der Waals surface area contributed by atoms with Crippen LogP contribution >= 0.6 is 11.3 Å². The normalized spacial score (nSPS) is 10.1. The van der Waals surface area contributed by atoms with Crippen LogP contribution in [0.2, 0.25) is 0 Å². The molecule has 1 aromatic carbocycles. The fourth-order valence-electron chi connectivity index (χ4n) is 1.56. The molecule has 0 fully saturated rings. The molecule has 0 spiro atoms. The first kappa shape index (κ1) is 13.4. The van der Waals surface area contributed by atoms with Crippen LogP contribution in [0.5, 0.6) is 11.5 Å². The molecule has 0 aliphatic rings. The summed E-state index contributed by atoms with van der Waals surface area (Å²) in [6, 6.07) is 5.19. The Morgan fingerprint density at radius 2 is 2.00 bits per heavy atom. The Morgan fingerprint density at radius 1 is 1.26 bits per heavy atom. The number of benzene rings is 1. The van der Waals surface area contributed by atoms with Crippen molar-refractivity contribution in [1.82, 2.24) is 4.98 Å². The second-order valence-electron chi connectivity index (χ2n) is 3.82. The van der Waals surface area contributed by atoms with E-state index in [1.54, 1.807) is 32.4 Å².